The van der Waals surface area contributed by atoms with Gasteiger partial charge in [-0.15, -0.1) is 0 Å². The third-order valence-corrected chi connectivity index (χ3v) is 5.24. The van der Waals surface area contributed by atoms with Crippen molar-refractivity contribution in [2.24, 2.45) is 11.7 Å². The average molecular weight is 308 g/mol. The molecule has 120 valence electrons. The van der Waals surface area contributed by atoms with E-state index >= 15 is 0 Å². The van der Waals surface area contributed by atoms with Gasteiger partial charge in [0, 0.05) is 6.42 Å². The molecule has 3 nitrogen and oxygen atoms in total. The lowest BCUT2D eigenvalue weighted by molar-refractivity contribution is -0.130. The molecule has 0 aliphatic carbocycles. The lowest BCUT2D eigenvalue weighted by Crippen LogP contribution is -2.58. The number of likely N-dealkylation sites (N-methyl/N-ethyl adjacent to an activating group) is 1. The minimum absolute atomic E-state index is 0.206. The summed E-state index contributed by atoms with van der Waals surface area (Å²) in [5.41, 5.74) is 7.77. The monoisotopic (exact) mass is 308 g/mol. The van der Waals surface area contributed by atoms with Crippen LogP contribution in [0.2, 0.25) is 0 Å². The van der Waals surface area contributed by atoms with Crippen LogP contribution >= 0.6 is 0 Å². The Labute approximate surface area is 138 Å². The number of benzene rings is 2. The number of carbonyl (C=O) groups excluding carboxylic acids is 1. The largest absolute Gasteiger partial charge is 0.368 e. The second-order valence-corrected chi connectivity index (χ2v) is 6.55. The van der Waals surface area contributed by atoms with Crippen LogP contribution in [-0.4, -0.2) is 29.9 Å². The van der Waals surface area contributed by atoms with Crippen molar-refractivity contribution in [1.82, 2.24) is 4.90 Å². The van der Waals surface area contributed by atoms with Gasteiger partial charge in [0.1, 0.15) is 5.54 Å². The van der Waals surface area contributed by atoms with Crippen LogP contribution < -0.4 is 5.73 Å². The quantitative estimate of drug-likeness (QED) is 0.923. The summed E-state index contributed by atoms with van der Waals surface area (Å²) in [7, 11) is 2.03. The van der Waals surface area contributed by atoms with E-state index < -0.39 is 5.54 Å². The summed E-state index contributed by atoms with van der Waals surface area (Å²) >= 11 is 0. The van der Waals surface area contributed by atoms with Crippen LogP contribution in [0, 0.1) is 5.92 Å². The molecule has 23 heavy (non-hydrogen) atoms. The van der Waals surface area contributed by atoms with Crippen LogP contribution in [0.1, 0.15) is 17.5 Å². The Hall–Kier alpha value is -2.13. The third-order valence-electron chi connectivity index (χ3n) is 5.24. The number of rotatable bonds is 5. The topological polar surface area (TPSA) is 46.3 Å². The molecule has 1 amide bonds. The van der Waals surface area contributed by atoms with Gasteiger partial charge in [-0.1, -0.05) is 60.7 Å². The number of hydrogen-bond donors (Lipinski definition) is 1. The zero-order chi connectivity index (χ0) is 16.3. The Kier molecular flexibility index (Phi) is 4.49. The predicted octanol–water partition coefficient (Wildman–Crippen LogP) is 2.65. The minimum atomic E-state index is -0.600. The molecule has 1 saturated heterocycles. The zero-order valence-corrected chi connectivity index (χ0v) is 13.6. The molecule has 2 aromatic carbocycles. The lowest BCUT2D eigenvalue weighted by atomic mass is 9.76. The normalized spacial score (nSPS) is 24.7. The average Bonchev–Trinajstić information content (AvgIpc) is 2.87. The number of nitrogens with zero attached hydrogens (tertiary/aromatic N) is 1. The lowest BCUT2D eigenvalue weighted by Gasteiger charge is -2.38. The van der Waals surface area contributed by atoms with Gasteiger partial charge in [0.05, 0.1) is 0 Å². The maximum atomic E-state index is 12.5. The van der Waals surface area contributed by atoms with E-state index in [-0.39, 0.29) is 11.8 Å². The smallest absolute Gasteiger partial charge is 0.238 e. The maximum absolute atomic E-state index is 12.5. The van der Waals surface area contributed by atoms with Crippen LogP contribution in [0.5, 0.6) is 0 Å². The molecular formula is C20H24N2O. The van der Waals surface area contributed by atoms with Crippen molar-refractivity contribution in [3.8, 4) is 0 Å². The standard InChI is InChI=1S/C20H24N2O/c1-22-13-12-18(14-16-8-4-2-5-9-16)20(22,19(21)23)15-17-10-6-3-7-11-17/h2-11,18H,12-15H2,1H3,(H2,21,23). The fourth-order valence-corrected chi connectivity index (χ4v) is 3.93. The molecule has 1 fully saturated rings. The number of primary amides is 1. The number of carbonyl (C=O) groups is 1. The molecule has 2 aromatic rings. The highest BCUT2D eigenvalue weighted by molar-refractivity contribution is 5.86. The summed E-state index contributed by atoms with van der Waals surface area (Å²) in [6.07, 6.45) is 2.57. The molecule has 0 saturated carbocycles. The number of nitrogens with two attached hydrogens (primary N) is 1. The first kappa shape index (κ1) is 15.8. The Morgan fingerprint density at radius 1 is 1.09 bits per heavy atom. The van der Waals surface area contributed by atoms with E-state index in [1.54, 1.807) is 0 Å². The fraction of sp³-hybridized carbons (Fsp3) is 0.350. The van der Waals surface area contributed by atoms with E-state index in [0.717, 1.165) is 24.9 Å². The van der Waals surface area contributed by atoms with Crippen molar-refractivity contribution in [2.75, 3.05) is 13.6 Å². The summed E-state index contributed by atoms with van der Waals surface area (Å²) in [6, 6.07) is 20.6. The van der Waals surface area contributed by atoms with Crippen molar-refractivity contribution < 1.29 is 4.79 Å². The van der Waals surface area contributed by atoms with Crippen molar-refractivity contribution in [3.63, 3.8) is 0 Å². The predicted molar refractivity (Wildman–Crippen MR) is 93.0 cm³/mol. The van der Waals surface area contributed by atoms with Crippen LogP contribution in [-0.2, 0) is 17.6 Å². The molecule has 0 aromatic heterocycles. The van der Waals surface area contributed by atoms with Crippen molar-refractivity contribution in [3.05, 3.63) is 71.8 Å². The highest BCUT2D eigenvalue weighted by Crippen LogP contribution is 2.38. The molecule has 1 heterocycles. The van der Waals surface area contributed by atoms with Gasteiger partial charge >= 0.3 is 0 Å². The highest BCUT2D eigenvalue weighted by atomic mass is 16.1. The number of amides is 1. The Morgan fingerprint density at radius 2 is 1.65 bits per heavy atom. The Morgan fingerprint density at radius 3 is 2.22 bits per heavy atom. The van der Waals surface area contributed by atoms with Crippen LogP contribution in [0.3, 0.4) is 0 Å². The molecule has 1 aliphatic rings. The summed E-state index contributed by atoms with van der Waals surface area (Å²) < 4.78 is 0. The van der Waals surface area contributed by atoms with Gasteiger partial charge in [0.2, 0.25) is 5.91 Å². The van der Waals surface area contributed by atoms with Crippen LogP contribution in [0.25, 0.3) is 0 Å². The zero-order valence-electron chi connectivity index (χ0n) is 13.6. The van der Waals surface area contributed by atoms with Gasteiger partial charge in [0.15, 0.2) is 0 Å². The molecule has 0 spiro atoms. The Bertz CT molecular complexity index is 656. The summed E-state index contributed by atoms with van der Waals surface area (Å²) in [5, 5.41) is 0. The minimum Gasteiger partial charge on any atom is -0.368 e. The van der Waals surface area contributed by atoms with Gasteiger partial charge < -0.3 is 5.73 Å². The maximum Gasteiger partial charge on any atom is 0.238 e. The Balaban J connectivity index is 1.92. The van der Waals surface area contributed by atoms with Crippen molar-refractivity contribution in [1.29, 1.82) is 0 Å². The fourth-order valence-electron chi connectivity index (χ4n) is 3.93. The third kappa shape index (κ3) is 3.02. The van der Waals surface area contributed by atoms with Gasteiger partial charge in [-0.2, -0.15) is 0 Å². The van der Waals surface area contributed by atoms with Gasteiger partial charge in [0.25, 0.3) is 0 Å². The first-order chi connectivity index (χ1) is 11.1. The first-order valence-corrected chi connectivity index (χ1v) is 8.22. The van der Waals surface area contributed by atoms with E-state index in [9.17, 15) is 4.79 Å². The molecule has 2 unspecified atom stereocenters. The van der Waals surface area contributed by atoms with E-state index in [1.165, 1.54) is 5.56 Å². The molecule has 1 aliphatic heterocycles. The van der Waals surface area contributed by atoms with E-state index in [4.69, 9.17) is 5.73 Å². The van der Waals surface area contributed by atoms with Gasteiger partial charge in [-0.3, -0.25) is 9.69 Å². The molecule has 2 atom stereocenters. The van der Waals surface area contributed by atoms with E-state index in [1.807, 2.05) is 31.3 Å². The molecule has 2 N–H and O–H groups in total. The van der Waals surface area contributed by atoms with E-state index in [2.05, 4.69) is 41.3 Å². The van der Waals surface area contributed by atoms with Crippen LogP contribution in [0.15, 0.2) is 60.7 Å². The van der Waals surface area contributed by atoms with Crippen molar-refractivity contribution >= 4 is 5.91 Å². The van der Waals surface area contributed by atoms with Crippen molar-refractivity contribution in [2.45, 2.75) is 24.8 Å². The summed E-state index contributed by atoms with van der Waals surface area (Å²) in [6.45, 7) is 0.910. The molecule has 3 rings (SSSR count). The highest BCUT2D eigenvalue weighted by Gasteiger charge is 2.51. The number of hydrogen-bond acceptors (Lipinski definition) is 2. The summed E-state index contributed by atoms with van der Waals surface area (Å²) in [4.78, 5) is 14.7. The second-order valence-electron chi connectivity index (χ2n) is 6.55. The summed E-state index contributed by atoms with van der Waals surface area (Å²) in [5.74, 6) is 0.0369. The van der Waals surface area contributed by atoms with Gasteiger partial charge in [-0.25, -0.2) is 0 Å². The molecular weight excluding hydrogens is 284 g/mol. The molecule has 0 radical (unpaired) electrons. The van der Waals surface area contributed by atoms with Crippen LogP contribution in [0.4, 0.5) is 0 Å². The SMILES string of the molecule is CN1CCC(Cc2ccccc2)C1(Cc1ccccc1)C(N)=O. The van der Waals surface area contributed by atoms with E-state index in [0.29, 0.717) is 6.42 Å². The number of likely N-dealkylation sites (tertiary alicyclic amines) is 1. The second kappa shape index (κ2) is 6.55. The molecule has 0 bridgehead atoms. The molecule has 3 heteroatoms. The van der Waals surface area contributed by atoms with Gasteiger partial charge in [-0.05, 0) is 43.5 Å². The first-order valence-electron chi connectivity index (χ1n) is 8.22.